The SMILES string of the molecule is Cn1c(=O)c2c(nc3n(CCc4ccccc4)c(-c4ccc(F)cc4)cn23)n(C)c1=O. The molecule has 5 aromatic rings. The van der Waals surface area contributed by atoms with E-state index in [0.717, 1.165) is 22.2 Å². The third-order valence-corrected chi connectivity index (χ3v) is 5.66. The molecule has 3 heterocycles. The Balaban J connectivity index is 1.77. The molecule has 0 radical (unpaired) electrons. The van der Waals surface area contributed by atoms with Crippen LogP contribution in [0.25, 0.3) is 28.2 Å². The van der Waals surface area contributed by atoms with Crippen molar-refractivity contribution in [1.29, 1.82) is 0 Å². The van der Waals surface area contributed by atoms with Gasteiger partial charge in [0.2, 0.25) is 5.78 Å². The fourth-order valence-electron chi connectivity index (χ4n) is 3.97. The highest BCUT2D eigenvalue weighted by Gasteiger charge is 2.20. The fourth-order valence-corrected chi connectivity index (χ4v) is 3.97. The molecular formula is C23H20FN5O2. The summed E-state index contributed by atoms with van der Waals surface area (Å²) in [6.07, 6.45) is 2.58. The molecule has 7 nitrogen and oxygen atoms in total. The number of hydrogen-bond acceptors (Lipinski definition) is 3. The van der Waals surface area contributed by atoms with Gasteiger partial charge >= 0.3 is 5.69 Å². The molecule has 3 aromatic heterocycles. The van der Waals surface area contributed by atoms with Gasteiger partial charge in [-0.25, -0.2) is 9.18 Å². The Morgan fingerprint density at radius 2 is 1.65 bits per heavy atom. The molecule has 0 atom stereocenters. The van der Waals surface area contributed by atoms with Crippen molar-refractivity contribution >= 4 is 16.9 Å². The van der Waals surface area contributed by atoms with Gasteiger partial charge in [0.05, 0.1) is 5.69 Å². The summed E-state index contributed by atoms with van der Waals surface area (Å²) >= 11 is 0. The minimum atomic E-state index is -0.423. The van der Waals surface area contributed by atoms with Gasteiger partial charge in [-0.15, -0.1) is 0 Å². The molecule has 8 heteroatoms. The van der Waals surface area contributed by atoms with Crippen molar-refractivity contribution in [3.05, 3.63) is 93.0 Å². The Kier molecular flexibility index (Phi) is 4.35. The van der Waals surface area contributed by atoms with Crippen molar-refractivity contribution in [3.63, 3.8) is 0 Å². The highest BCUT2D eigenvalue weighted by Crippen LogP contribution is 2.26. The summed E-state index contributed by atoms with van der Waals surface area (Å²) in [5, 5.41) is 0. The molecule has 0 unspecified atom stereocenters. The molecule has 0 aliphatic rings. The van der Waals surface area contributed by atoms with Gasteiger partial charge in [-0.1, -0.05) is 30.3 Å². The van der Waals surface area contributed by atoms with Gasteiger partial charge in [-0.3, -0.25) is 18.3 Å². The average molecular weight is 417 g/mol. The van der Waals surface area contributed by atoms with Crippen molar-refractivity contribution in [1.82, 2.24) is 23.1 Å². The average Bonchev–Trinajstić information content (AvgIpc) is 3.32. The lowest BCUT2D eigenvalue weighted by atomic mass is 10.1. The zero-order chi connectivity index (χ0) is 21.7. The molecule has 0 N–H and O–H groups in total. The van der Waals surface area contributed by atoms with E-state index in [1.54, 1.807) is 23.6 Å². The maximum atomic E-state index is 13.5. The van der Waals surface area contributed by atoms with Crippen molar-refractivity contribution in [2.45, 2.75) is 13.0 Å². The predicted octanol–water partition coefficient (Wildman–Crippen LogP) is 2.74. The van der Waals surface area contributed by atoms with Crippen LogP contribution in [0.3, 0.4) is 0 Å². The standard InChI is InChI=1S/C23H20FN5O2/c1-26-20-19(21(30)27(2)23(26)31)29-14-18(16-8-10-17(24)11-9-16)28(22(29)25-20)13-12-15-6-4-3-5-7-15/h3-11,14H,12-13H2,1-2H3. The molecule has 0 spiro atoms. The molecule has 31 heavy (non-hydrogen) atoms. The maximum Gasteiger partial charge on any atom is 0.332 e. The number of imidazole rings is 2. The number of rotatable bonds is 4. The monoisotopic (exact) mass is 417 g/mol. The van der Waals surface area contributed by atoms with Crippen LogP contribution in [-0.2, 0) is 27.1 Å². The Bertz CT molecular complexity index is 1540. The van der Waals surface area contributed by atoms with E-state index in [9.17, 15) is 14.0 Å². The number of hydrogen-bond donors (Lipinski definition) is 0. The third kappa shape index (κ3) is 2.99. The number of fused-ring (bicyclic) bond motifs is 3. The number of benzene rings is 2. The van der Waals surface area contributed by atoms with E-state index in [-0.39, 0.29) is 5.82 Å². The lowest BCUT2D eigenvalue weighted by Crippen LogP contribution is -2.37. The summed E-state index contributed by atoms with van der Waals surface area (Å²) in [6.45, 7) is 0.602. The van der Waals surface area contributed by atoms with Crippen LogP contribution in [0.1, 0.15) is 5.56 Å². The van der Waals surface area contributed by atoms with Crippen molar-refractivity contribution in [3.8, 4) is 11.3 Å². The van der Waals surface area contributed by atoms with E-state index < -0.39 is 11.2 Å². The molecule has 0 amide bonds. The van der Waals surface area contributed by atoms with Gasteiger partial charge in [0.1, 0.15) is 5.82 Å². The van der Waals surface area contributed by atoms with Crippen LogP contribution >= 0.6 is 0 Å². The number of nitrogens with zero attached hydrogens (tertiary/aromatic N) is 5. The molecule has 0 aliphatic carbocycles. The minimum absolute atomic E-state index is 0.315. The molecule has 156 valence electrons. The van der Waals surface area contributed by atoms with Crippen molar-refractivity contribution in [2.24, 2.45) is 14.1 Å². The largest absolute Gasteiger partial charge is 0.332 e. The van der Waals surface area contributed by atoms with Gasteiger partial charge in [0, 0.05) is 26.8 Å². The molecule has 0 fully saturated rings. The van der Waals surface area contributed by atoms with Crippen LogP contribution in [0, 0.1) is 5.82 Å². The van der Waals surface area contributed by atoms with Gasteiger partial charge in [-0.2, -0.15) is 4.98 Å². The van der Waals surface area contributed by atoms with Crippen molar-refractivity contribution < 1.29 is 4.39 Å². The fraction of sp³-hybridized carbons (Fsp3) is 0.174. The van der Waals surface area contributed by atoms with E-state index >= 15 is 0 Å². The quantitative estimate of drug-likeness (QED) is 0.452. The summed E-state index contributed by atoms with van der Waals surface area (Å²) < 4.78 is 19.7. The first-order valence-corrected chi connectivity index (χ1v) is 9.93. The van der Waals surface area contributed by atoms with Gasteiger partial charge in [0.15, 0.2) is 11.2 Å². The van der Waals surface area contributed by atoms with E-state index in [2.05, 4.69) is 17.1 Å². The summed E-state index contributed by atoms with van der Waals surface area (Å²) in [5.74, 6) is 0.244. The number of aryl methyl sites for hydroxylation is 3. The van der Waals surface area contributed by atoms with Crippen LogP contribution in [0.15, 0.2) is 70.4 Å². The smallest absolute Gasteiger partial charge is 0.309 e. The van der Waals surface area contributed by atoms with Gasteiger partial charge in [0.25, 0.3) is 5.56 Å². The second-order valence-corrected chi connectivity index (χ2v) is 7.57. The molecule has 2 aromatic carbocycles. The summed E-state index contributed by atoms with van der Waals surface area (Å²) in [6, 6.07) is 16.3. The summed E-state index contributed by atoms with van der Waals surface area (Å²) in [5.41, 5.74) is 2.64. The topological polar surface area (TPSA) is 66.2 Å². The predicted molar refractivity (Wildman–Crippen MR) is 117 cm³/mol. The number of halogens is 1. The summed E-state index contributed by atoms with van der Waals surface area (Å²) in [4.78, 5) is 29.9. The highest BCUT2D eigenvalue weighted by atomic mass is 19.1. The van der Waals surface area contributed by atoms with Crippen LogP contribution in [0.5, 0.6) is 0 Å². The first kappa shape index (κ1) is 19.0. The Labute approximate surface area is 176 Å². The normalized spacial score (nSPS) is 11.6. The second kappa shape index (κ2) is 7.09. The summed E-state index contributed by atoms with van der Waals surface area (Å²) in [7, 11) is 3.06. The van der Waals surface area contributed by atoms with Crippen LogP contribution in [-0.4, -0.2) is 23.1 Å². The maximum absolute atomic E-state index is 13.5. The highest BCUT2D eigenvalue weighted by molar-refractivity contribution is 5.78. The first-order chi connectivity index (χ1) is 15.0. The zero-order valence-corrected chi connectivity index (χ0v) is 17.1. The number of aromatic nitrogens is 5. The molecule has 0 bridgehead atoms. The van der Waals surface area contributed by atoms with Crippen LogP contribution in [0.4, 0.5) is 4.39 Å². The van der Waals surface area contributed by atoms with Gasteiger partial charge in [-0.05, 0) is 41.8 Å². The van der Waals surface area contributed by atoms with E-state index in [1.165, 1.54) is 29.3 Å². The Hall–Kier alpha value is -3.94. The van der Waals surface area contributed by atoms with E-state index in [0.29, 0.717) is 23.5 Å². The molecule has 0 aliphatic heterocycles. The van der Waals surface area contributed by atoms with Crippen LogP contribution in [0.2, 0.25) is 0 Å². The first-order valence-electron chi connectivity index (χ1n) is 9.93. The van der Waals surface area contributed by atoms with Gasteiger partial charge < -0.3 is 4.57 Å². The van der Waals surface area contributed by atoms with Crippen molar-refractivity contribution in [2.75, 3.05) is 0 Å². The molecule has 0 saturated carbocycles. The Morgan fingerprint density at radius 3 is 2.35 bits per heavy atom. The zero-order valence-electron chi connectivity index (χ0n) is 17.1. The lowest BCUT2D eigenvalue weighted by molar-refractivity contribution is 0.628. The minimum Gasteiger partial charge on any atom is -0.309 e. The Morgan fingerprint density at radius 1 is 0.935 bits per heavy atom. The van der Waals surface area contributed by atoms with Crippen LogP contribution < -0.4 is 11.2 Å². The molecule has 5 rings (SSSR count). The van der Waals surface area contributed by atoms with E-state index in [1.807, 2.05) is 29.0 Å². The second-order valence-electron chi connectivity index (χ2n) is 7.57. The molecule has 0 saturated heterocycles. The van der Waals surface area contributed by atoms with E-state index in [4.69, 9.17) is 0 Å². The third-order valence-electron chi connectivity index (χ3n) is 5.66. The molecular weight excluding hydrogens is 397 g/mol. The lowest BCUT2D eigenvalue weighted by Gasteiger charge is -2.09.